The van der Waals surface area contributed by atoms with Gasteiger partial charge >= 0.3 is 0 Å². The quantitative estimate of drug-likeness (QED) is 0.479. The molecule has 1 amide bonds. The fraction of sp³-hybridized carbons (Fsp3) is 0.500. The van der Waals surface area contributed by atoms with Gasteiger partial charge in [-0.3, -0.25) is 4.79 Å². The second-order valence-corrected chi connectivity index (χ2v) is 7.42. The zero-order chi connectivity index (χ0) is 19.7. The number of methoxy groups -OCH3 is 1. The minimum atomic E-state index is 0.0675. The highest BCUT2D eigenvalue weighted by atomic mass is 35.5. The van der Waals surface area contributed by atoms with Crippen LogP contribution in [0.1, 0.15) is 52.5 Å². The number of hydrogen-bond acceptors (Lipinski definition) is 2. The third-order valence-electron chi connectivity index (χ3n) is 4.21. The molecular formula is C22H32ClNO2. The van der Waals surface area contributed by atoms with Crippen LogP contribution in [0.25, 0.3) is 0 Å². The average molecular weight is 378 g/mol. The third kappa shape index (κ3) is 6.87. The smallest absolute Gasteiger partial charge is 0.226 e. The topological polar surface area (TPSA) is 29.5 Å². The SMILES string of the molecule is CC/C=C/C=C(\C)Cc1cc(OC)c(Cl)c(N(C)C(=O)CCC(C)C)c1. The van der Waals surface area contributed by atoms with Crippen molar-refractivity contribution in [2.45, 2.75) is 53.4 Å². The fourth-order valence-electron chi connectivity index (χ4n) is 2.60. The first-order chi connectivity index (χ1) is 12.3. The lowest BCUT2D eigenvalue weighted by atomic mass is 10.0. The summed E-state index contributed by atoms with van der Waals surface area (Å²) in [6.45, 7) is 8.44. The van der Waals surface area contributed by atoms with Gasteiger partial charge in [-0.15, -0.1) is 0 Å². The van der Waals surface area contributed by atoms with Crippen LogP contribution < -0.4 is 9.64 Å². The Labute approximate surface area is 163 Å². The Balaban J connectivity index is 3.09. The van der Waals surface area contributed by atoms with Gasteiger partial charge in [0.25, 0.3) is 0 Å². The number of halogens is 1. The van der Waals surface area contributed by atoms with Crippen LogP contribution in [0.4, 0.5) is 5.69 Å². The lowest BCUT2D eigenvalue weighted by molar-refractivity contribution is -0.118. The number of ether oxygens (including phenoxy) is 1. The summed E-state index contributed by atoms with van der Waals surface area (Å²) in [5, 5.41) is 0.476. The molecule has 0 saturated heterocycles. The van der Waals surface area contributed by atoms with Gasteiger partial charge in [0.1, 0.15) is 10.8 Å². The first-order valence-corrected chi connectivity index (χ1v) is 9.63. The van der Waals surface area contributed by atoms with Gasteiger partial charge in [-0.2, -0.15) is 0 Å². The summed E-state index contributed by atoms with van der Waals surface area (Å²) in [4.78, 5) is 14.2. The van der Waals surface area contributed by atoms with Crippen molar-refractivity contribution < 1.29 is 9.53 Å². The van der Waals surface area contributed by atoms with Crippen molar-refractivity contribution in [3.05, 3.63) is 46.5 Å². The molecule has 3 nitrogen and oxygen atoms in total. The van der Waals surface area contributed by atoms with E-state index < -0.39 is 0 Å². The number of allylic oxidation sites excluding steroid dienone is 4. The van der Waals surface area contributed by atoms with Gasteiger partial charge in [-0.1, -0.05) is 56.2 Å². The molecule has 1 aromatic carbocycles. The zero-order valence-corrected chi connectivity index (χ0v) is 17.7. The molecule has 0 N–H and O–H groups in total. The van der Waals surface area contributed by atoms with E-state index in [9.17, 15) is 4.79 Å². The van der Waals surface area contributed by atoms with Crippen molar-refractivity contribution in [1.82, 2.24) is 0 Å². The molecule has 0 aliphatic carbocycles. The third-order valence-corrected chi connectivity index (χ3v) is 4.59. The maximum atomic E-state index is 12.5. The number of hydrogen-bond donors (Lipinski definition) is 0. The first kappa shape index (κ1) is 22.3. The van der Waals surface area contributed by atoms with Crippen LogP contribution in [0.2, 0.25) is 5.02 Å². The van der Waals surface area contributed by atoms with Crippen LogP contribution in [0, 0.1) is 5.92 Å². The second-order valence-electron chi connectivity index (χ2n) is 7.04. The van der Waals surface area contributed by atoms with Crippen molar-refractivity contribution in [2.75, 3.05) is 19.1 Å². The highest BCUT2D eigenvalue weighted by molar-refractivity contribution is 6.35. The number of carbonyl (C=O) groups is 1. The summed E-state index contributed by atoms with van der Waals surface area (Å²) < 4.78 is 5.43. The normalized spacial score (nSPS) is 12.1. The maximum absolute atomic E-state index is 12.5. The van der Waals surface area contributed by atoms with E-state index in [1.54, 1.807) is 19.1 Å². The Morgan fingerprint density at radius 2 is 2.04 bits per heavy atom. The molecule has 0 spiro atoms. The molecule has 0 saturated carbocycles. The van der Waals surface area contributed by atoms with Gasteiger partial charge < -0.3 is 9.64 Å². The van der Waals surface area contributed by atoms with Gasteiger partial charge in [0, 0.05) is 13.5 Å². The number of nitrogens with zero attached hydrogens (tertiary/aromatic N) is 1. The molecule has 144 valence electrons. The summed E-state index contributed by atoms with van der Waals surface area (Å²) in [5.74, 6) is 1.16. The number of benzene rings is 1. The molecule has 0 aliphatic rings. The number of amides is 1. The molecule has 1 rings (SSSR count). The molecule has 0 unspecified atom stereocenters. The molecule has 0 heterocycles. The molecule has 0 fully saturated rings. The largest absolute Gasteiger partial charge is 0.495 e. The maximum Gasteiger partial charge on any atom is 0.226 e. The van der Waals surface area contributed by atoms with Crippen LogP contribution >= 0.6 is 11.6 Å². The van der Waals surface area contributed by atoms with Crippen molar-refractivity contribution in [2.24, 2.45) is 5.92 Å². The second kappa shape index (κ2) is 11.1. The molecule has 0 aliphatic heterocycles. The fourth-order valence-corrected chi connectivity index (χ4v) is 2.91. The summed E-state index contributed by atoms with van der Waals surface area (Å²) >= 11 is 6.48. The van der Waals surface area contributed by atoms with Crippen LogP contribution in [0.3, 0.4) is 0 Å². The standard InChI is InChI=1S/C22H32ClNO2/c1-7-8-9-10-17(4)13-18-14-19(22(23)20(15-18)26-6)24(5)21(25)12-11-16(2)3/h8-10,14-16H,7,11-13H2,1-6H3/b9-8+,17-10+. The molecule has 0 bridgehead atoms. The van der Waals surface area contributed by atoms with Crippen LogP contribution in [0.15, 0.2) is 35.9 Å². The van der Waals surface area contributed by atoms with E-state index in [4.69, 9.17) is 16.3 Å². The van der Waals surface area contributed by atoms with Crippen LogP contribution in [-0.4, -0.2) is 20.1 Å². The minimum absolute atomic E-state index is 0.0675. The van der Waals surface area contributed by atoms with Gasteiger partial charge in [-0.25, -0.2) is 0 Å². The highest BCUT2D eigenvalue weighted by Crippen LogP contribution is 2.36. The Bertz CT molecular complexity index is 662. The number of rotatable bonds is 9. The van der Waals surface area contributed by atoms with Crippen LogP contribution in [-0.2, 0) is 11.2 Å². The summed E-state index contributed by atoms with van der Waals surface area (Å²) in [7, 11) is 3.38. The summed E-state index contributed by atoms with van der Waals surface area (Å²) in [6, 6.07) is 3.93. The molecule has 0 atom stereocenters. The zero-order valence-electron chi connectivity index (χ0n) is 16.9. The van der Waals surface area contributed by atoms with Crippen molar-refractivity contribution in [3.8, 4) is 5.75 Å². The Morgan fingerprint density at radius 1 is 1.35 bits per heavy atom. The summed E-state index contributed by atoms with van der Waals surface area (Å²) in [5.41, 5.74) is 3.01. The minimum Gasteiger partial charge on any atom is -0.495 e. The van der Waals surface area contributed by atoms with Gasteiger partial charge in [-0.05, 0) is 49.8 Å². The van der Waals surface area contributed by atoms with E-state index in [1.165, 1.54) is 5.57 Å². The van der Waals surface area contributed by atoms with E-state index in [0.29, 0.717) is 28.8 Å². The molecule has 0 aromatic heterocycles. The Kier molecular flexibility index (Phi) is 9.50. The lowest BCUT2D eigenvalue weighted by Crippen LogP contribution is -2.26. The molecule has 0 radical (unpaired) electrons. The van der Waals surface area contributed by atoms with Gasteiger partial charge in [0.15, 0.2) is 0 Å². The Hall–Kier alpha value is -1.74. The number of carbonyl (C=O) groups excluding carboxylic acids is 1. The highest BCUT2D eigenvalue weighted by Gasteiger charge is 2.18. The van der Waals surface area contributed by atoms with Crippen molar-refractivity contribution in [3.63, 3.8) is 0 Å². The van der Waals surface area contributed by atoms with E-state index in [0.717, 1.165) is 24.8 Å². The predicted molar refractivity (Wildman–Crippen MR) is 112 cm³/mol. The van der Waals surface area contributed by atoms with Crippen molar-refractivity contribution in [1.29, 1.82) is 0 Å². The van der Waals surface area contributed by atoms with Gasteiger partial charge in [0.05, 0.1) is 12.8 Å². The monoisotopic (exact) mass is 377 g/mol. The molecule has 4 heteroatoms. The average Bonchev–Trinajstić information content (AvgIpc) is 2.60. The van der Waals surface area contributed by atoms with Crippen LogP contribution in [0.5, 0.6) is 5.75 Å². The van der Waals surface area contributed by atoms with E-state index in [1.807, 2.05) is 12.1 Å². The first-order valence-electron chi connectivity index (χ1n) is 9.25. The molecule has 1 aromatic rings. The number of anilines is 1. The van der Waals surface area contributed by atoms with E-state index in [2.05, 4.69) is 45.9 Å². The van der Waals surface area contributed by atoms with Crippen molar-refractivity contribution >= 4 is 23.2 Å². The Morgan fingerprint density at radius 3 is 2.62 bits per heavy atom. The lowest BCUT2D eigenvalue weighted by Gasteiger charge is -2.22. The van der Waals surface area contributed by atoms with E-state index >= 15 is 0 Å². The summed E-state index contributed by atoms with van der Waals surface area (Å²) in [6.07, 6.45) is 9.49. The van der Waals surface area contributed by atoms with E-state index in [-0.39, 0.29) is 5.91 Å². The molecular weight excluding hydrogens is 346 g/mol. The van der Waals surface area contributed by atoms with Gasteiger partial charge in [0.2, 0.25) is 5.91 Å². The predicted octanol–water partition coefficient (Wildman–Crippen LogP) is 6.20. The molecule has 26 heavy (non-hydrogen) atoms.